The van der Waals surface area contributed by atoms with Crippen molar-refractivity contribution in [1.29, 1.82) is 0 Å². The fourth-order valence-electron chi connectivity index (χ4n) is 2.58. The van der Waals surface area contributed by atoms with Crippen LogP contribution in [0.2, 0.25) is 0 Å². The molecule has 1 N–H and O–H groups in total. The van der Waals surface area contributed by atoms with E-state index in [9.17, 15) is 5.11 Å². The second-order valence-electron chi connectivity index (χ2n) is 5.26. The molecule has 0 radical (unpaired) electrons. The number of morpholine rings is 1. The largest absolute Gasteiger partial charge is 0.374 e. The molecule has 1 aromatic rings. The average Bonchev–Trinajstić information content (AvgIpc) is 2.38. The fraction of sp³-hybridized carbons (Fsp3) is 0.600. The Kier molecular flexibility index (Phi) is 5.28. The second-order valence-corrected chi connectivity index (χ2v) is 6.13. The first kappa shape index (κ1) is 14.9. The van der Waals surface area contributed by atoms with Gasteiger partial charge in [-0.2, -0.15) is 11.8 Å². The van der Waals surface area contributed by atoms with Crippen LogP contribution in [0.4, 0.5) is 0 Å². The molecule has 0 aromatic heterocycles. The topological polar surface area (TPSA) is 32.7 Å². The Labute approximate surface area is 120 Å². The van der Waals surface area contributed by atoms with Crippen molar-refractivity contribution >= 4 is 11.8 Å². The number of ether oxygens (including phenoxy) is 1. The van der Waals surface area contributed by atoms with Crippen molar-refractivity contribution in [2.75, 3.05) is 19.3 Å². The predicted octanol–water partition coefficient (Wildman–Crippen LogP) is 2.65. The first-order chi connectivity index (χ1) is 9.10. The molecule has 0 saturated carbocycles. The maximum atomic E-state index is 10.5. The summed E-state index contributed by atoms with van der Waals surface area (Å²) in [7, 11) is 0. The summed E-state index contributed by atoms with van der Waals surface area (Å²) in [5.74, 6) is 1.02. The fourth-order valence-corrected chi connectivity index (χ4v) is 3.11. The number of hydrogen-bond acceptors (Lipinski definition) is 4. The van der Waals surface area contributed by atoms with Crippen molar-refractivity contribution in [2.45, 2.75) is 38.0 Å². The van der Waals surface area contributed by atoms with Gasteiger partial charge in [0.1, 0.15) is 6.23 Å². The number of hydrogen-bond donors (Lipinski definition) is 1. The standard InChI is InChI=1S/C15H23NO2S/c1-11-8-16(9-12(2)18-11)15(17)14-6-4-13(5-7-14)10-19-3/h4-7,11-12,15,17H,8-10H2,1-3H3. The Balaban J connectivity index is 2.03. The van der Waals surface area contributed by atoms with Gasteiger partial charge < -0.3 is 9.84 Å². The first-order valence-corrected chi connectivity index (χ1v) is 8.15. The van der Waals surface area contributed by atoms with Crippen LogP contribution < -0.4 is 0 Å². The van der Waals surface area contributed by atoms with Crippen molar-refractivity contribution in [1.82, 2.24) is 4.90 Å². The highest BCUT2D eigenvalue weighted by atomic mass is 32.2. The van der Waals surface area contributed by atoms with E-state index in [-0.39, 0.29) is 12.2 Å². The van der Waals surface area contributed by atoms with E-state index in [1.54, 1.807) is 0 Å². The number of thioether (sulfide) groups is 1. The first-order valence-electron chi connectivity index (χ1n) is 6.75. The molecule has 106 valence electrons. The van der Waals surface area contributed by atoms with Crippen LogP contribution in [0.3, 0.4) is 0 Å². The van der Waals surface area contributed by atoms with Crippen LogP contribution in [0.25, 0.3) is 0 Å². The Hall–Kier alpha value is -0.550. The summed E-state index contributed by atoms with van der Waals surface area (Å²) in [4.78, 5) is 2.09. The zero-order valence-electron chi connectivity index (χ0n) is 11.9. The molecule has 3 nitrogen and oxygen atoms in total. The van der Waals surface area contributed by atoms with Gasteiger partial charge in [-0.1, -0.05) is 24.3 Å². The smallest absolute Gasteiger partial charge is 0.133 e. The number of aliphatic hydroxyl groups excluding tert-OH is 1. The Morgan fingerprint density at radius 3 is 2.37 bits per heavy atom. The van der Waals surface area contributed by atoms with Crippen molar-refractivity contribution in [3.63, 3.8) is 0 Å². The zero-order chi connectivity index (χ0) is 13.8. The van der Waals surface area contributed by atoms with Gasteiger partial charge >= 0.3 is 0 Å². The van der Waals surface area contributed by atoms with Crippen molar-refractivity contribution in [3.05, 3.63) is 35.4 Å². The number of benzene rings is 1. The van der Waals surface area contributed by atoms with Crippen molar-refractivity contribution < 1.29 is 9.84 Å². The van der Waals surface area contributed by atoms with Crippen molar-refractivity contribution in [3.8, 4) is 0 Å². The van der Waals surface area contributed by atoms with Gasteiger partial charge in [-0.05, 0) is 31.2 Å². The summed E-state index contributed by atoms with van der Waals surface area (Å²) in [6, 6.07) is 8.26. The molecule has 1 fully saturated rings. The number of rotatable bonds is 4. The molecule has 0 amide bonds. The summed E-state index contributed by atoms with van der Waals surface area (Å²) in [6.45, 7) is 5.66. The van der Waals surface area contributed by atoms with E-state index in [1.165, 1.54) is 5.56 Å². The zero-order valence-corrected chi connectivity index (χ0v) is 12.7. The van der Waals surface area contributed by atoms with Crippen LogP contribution in [0, 0.1) is 0 Å². The van der Waals surface area contributed by atoms with E-state index in [2.05, 4.69) is 37.1 Å². The van der Waals surface area contributed by atoms with E-state index < -0.39 is 6.23 Å². The maximum Gasteiger partial charge on any atom is 0.133 e. The minimum absolute atomic E-state index is 0.175. The van der Waals surface area contributed by atoms with Gasteiger partial charge in [0.25, 0.3) is 0 Å². The van der Waals surface area contributed by atoms with E-state index in [1.807, 2.05) is 23.9 Å². The van der Waals surface area contributed by atoms with Gasteiger partial charge in [0, 0.05) is 18.8 Å². The van der Waals surface area contributed by atoms with Crippen LogP contribution in [-0.2, 0) is 10.5 Å². The molecule has 3 unspecified atom stereocenters. The van der Waals surface area contributed by atoms with Crippen LogP contribution in [0.15, 0.2) is 24.3 Å². The highest BCUT2D eigenvalue weighted by molar-refractivity contribution is 7.97. The third kappa shape index (κ3) is 3.96. The van der Waals surface area contributed by atoms with E-state index in [0.29, 0.717) is 0 Å². The van der Waals surface area contributed by atoms with E-state index >= 15 is 0 Å². The number of nitrogens with zero attached hydrogens (tertiary/aromatic N) is 1. The summed E-state index contributed by atoms with van der Waals surface area (Å²) in [6.07, 6.45) is 1.92. The third-order valence-corrected chi connectivity index (χ3v) is 4.00. The molecule has 4 heteroatoms. The van der Waals surface area contributed by atoms with E-state index in [4.69, 9.17) is 4.74 Å². The average molecular weight is 281 g/mol. The Morgan fingerprint density at radius 1 is 1.26 bits per heavy atom. The van der Waals surface area contributed by atoms with Crippen LogP contribution in [0.5, 0.6) is 0 Å². The van der Waals surface area contributed by atoms with Gasteiger partial charge in [-0.25, -0.2) is 0 Å². The lowest BCUT2D eigenvalue weighted by Crippen LogP contribution is -2.46. The summed E-state index contributed by atoms with van der Waals surface area (Å²) < 4.78 is 5.70. The summed E-state index contributed by atoms with van der Waals surface area (Å²) in [5, 5.41) is 10.5. The second kappa shape index (κ2) is 6.75. The van der Waals surface area contributed by atoms with Gasteiger partial charge in [0.15, 0.2) is 0 Å². The van der Waals surface area contributed by atoms with Crippen LogP contribution >= 0.6 is 11.8 Å². The van der Waals surface area contributed by atoms with Crippen LogP contribution in [-0.4, -0.2) is 41.6 Å². The normalized spacial score (nSPS) is 26.3. The minimum atomic E-state index is -0.530. The molecule has 1 aliphatic rings. The molecule has 0 bridgehead atoms. The molecule has 1 aromatic carbocycles. The minimum Gasteiger partial charge on any atom is -0.374 e. The molecule has 19 heavy (non-hydrogen) atoms. The lowest BCUT2D eigenvalue weighted by atomic mass is 10.1. The number of aliphatic hydroxyl groups is 1. The predicted molar refractivity (Wildman–Crippen MR) is 80.2 cm³/mol. The van der Waals surface area contributed by atoms with E-state index in [0.717, 1.165) is 24.4 Å². The summed E-state index contributed by atoms with van der Waals surface area (Å²) in [5.41, 5.74) is 2.26. The lowest BCUT2D eigenvalue weighted by Gasteiger charge is -2.38. The van der Waals surface area contributed by atoms with Gasteiger partial charge in [-0.15, -0.1) is 0 Å². The molecule has 2 rings (SSSR count). The quantitative estimate of drug-likeness (QED) is 0.919. The van der Waals surface area contributed by atoms with Gasteiger partial charge in [0.2, 0.25) is 0 Å². The summed E-state index contributed by atoms with van der Waals surface area (Å²) >= 11 is 1.81. The van der Waals surface area contributed by atoms with Crippen molar-refractivity contribution in [2.24, 2.45) is 0 Å². The molecule has 1 aliphatic heterocycles. The van der Waals surface area contributed by atoms with Gasteiger partial charge in [-0.3, -0.25) is 4.90 Å². The molecule has 3 atom stereocenters. The molecular formula is C15H23NO2S. The highest BCUT2D eigenvalue weighted by Crippen LogP contribution is 2.23. The monoisotopic (exact) mass is 281 g/mol. The molecule has 0 aliphatic carbocycles. The maximum absolute atomic E-state index is 10.5. The Bertz CT molecular complexity index is 386. The highest BCUT2D eigenvalue weighted by Gasteiger charge is 2.27. The molecular weight excluding hydrogens is 258 g/mol. The van der Waals surface area contributed by atoms with Crippen LogP contribution in [0.1, 0.15) is 31.2 Å². The molecule has 1 heterocycles. The molecule has 0 spiro atoms. The lowest BCUT2D eigenvalue weighted by molar-refractivity contribution is -0.121. The van der Waals surface area contributed by atoms with Gasteiger partial charge in [0.05, 0.1) is 12.2 Å². The third-order valence-electron chi connectivity index (χ3n) is 3.38. The Morgan fingerprint density at radius 2 is 1.84 bits per heavy atom. The SMILES string of the molecule is CSCc1ccc(C(O)N2CC(C)OC(C)C2)cc1. The molecule has 1 saturated heterocycles.